The predicted molar refractivity (Wildman–Crippen MR) is 107 cm³/mol. The van der Waals surface area contributed by atoms with E-state index >= 15 is 0 Å². The number of hydrogen-bond acceptors (Lipinski definition) is 3. The monoisotopic (exact) mass is 411 g/mol. The maximum absolute atomic E-state index is 12.2. The van der Waals surface area contributed by atoms with Gasteiger partial charge in [0.15, 0.2) is 0 Å². The molecule has 0 bridgehead atoms. The summed E-state index contributed by atoms with van der Waals surface area (Å²) in [4.78, 5) is 12.2. The summed E-state index contributed by atoms with van der Waals surface area (Å²) in [5.74, 6) is -0.280. The molecule has 3 aromatic rings. The van der Waals surface area contributed by atoms with Gasteiger partial charge in [-0.3, -0.25) is 0 Å². The topological polar surface area (TPSA) is 38.3 Å². The fourth-order valence-electron chi connectivity index (χ4n) is 2.45. The molecule has 0 fully saturated rings. The molecular formula is C22H21NO2Se. The van der Waals surface area contributed by atoms with E-state index in [1.807, 2.05) is 54.6 Å². The average molecular weight is 410 g/mol. The third-order valence-electron chi connectivity index (χ3n) is 3.76. The minimum absolute atomic E-state index is 0.0743. The second-order valence-electron chi connectivity index (χ2n) is 5.80. The minimum atomic E-state index is -0.280. The number of ether oxygens (including phenoxy) is 1. The van der Waals surface area contributed by atoms with Gasteiger partial charge in [0.2, 0.25) is 0 Å². The summed E-state index contributed by atoms with van der Waals surface area (Å²) in [6.45, 7) is 0.344. The van der Waals surface area contributed by atoms with E-state index in [9.17, 15) is 4.79 Å². The summed E-state index contributed by atoms with van der Waals surface area (Å²) in [7, 11) is 0. The van der Waals surface area contributed by atoms with E-state index in [0.717, 1.165) is 11.0 Å². The fraction of sp³-hybridized carbons (Fsp3) is 0.136. The van der Waals surface area contributed by atoms with Gasteiger partial charge in [0.1, 0.15) is 0 Å². The standard InChI is InChI=1S/C22H21NO2Se/c24-22(18-10-4-1-5-11-18)25-16-20(23-19-12-6-2-7-13-19)17-26-21-14-8-3-9-15-21/h1-15,20,23H,16-17H2. The third-order valence-corrected chi connectivity index (χ3v) is 6.23. The molecule has 0 aromatic heterocycles. The van der Waals surface area contributed by atoms with Gasteiger partial charge < -0.3 is 0 Å². The third kappa shape index (κ3) is 5.76. The van der Waals surface area contributed by atoms with E-state index in [2.05, 4.69) is 29.6 Å². The van der Waals surface area contributed by atoms with Crippen LogP contribution in [0.5, 0.6) is 0 Å². The summed E-state index contributed by atoms with van der Waals surface area (Å²) >= 11 is 0.312. The maximum atomic E-state index is 12.2. The molecule has 0 saturated heterocycles. The number of benzene rings is 3. The first-order valence-corrected chi connectivity index (χ1v) is 10.6. The van der Waals surface area contributed by atoms with Crippen LogP contribution in [0.4, 0.5) is 5.69 Å². The molecule has 1 atom stereocenters. The molecule has 3 nitrogen and oxygen atoms in total. The van der Waals surface area contributed by atoms with Gasteiger partial charge >= 0.3 is 160 Å². The van der Waals surface area contributed by atoms with Crippen molar-refractivity contribution < 1.29 is 9.53 Å². The number of hydrogen-bond donors (Lipinski definition) is 1. The van der Waals surface area contributed by atoms with E-state index in [4.69, 9.17) is 4.74 Å². The molecule has 0 heterocycles. The van der Waals surface area contributed by atoms with Crippen LogP contribution in [0.1, 0.15) is 10.4 Å². The van der Waals surface area contributed by atoms with Gasteiger partial charge in [-0.2, -0.15) is 0 Å². The first kappa shape index (κ1) is 18.2. The Morgan fingerprint density at radius 1 is 0.846 bits per heavy atom. The van der Waals surface area contributed by atoms with E-state index in [0.29, 0.717) is 27.1 Å². The molecule has 0 radical (unpaired) electrons. The van der Waals surface area contributed by atoms with Gasteiger partial charge in [-0.05, 0) is 0 Å². The van der Waals surface area contributed by atoms with Gasteiger partial charge in [-0.25, -0.2) is 0 Å². The van der Waals surface area contributed by atoms with Crippen LogP contribution in [0, 0.1) is 0 Å². The number of para-hydroxylation sites is 1. The number of nitrogens with one attached hydrogen (secondary N) is 1. The van der Waals surface area contributed by atoms with E-state index in [-0.39, 0.29) is 12.0 Å². The fourth-order valence-corrected chi connectivity index (χ4v) is 4.38. The first-order chi connectivity index (χ1) is 12.8. The van der Waals surface area contributed by atoms with Crippen LogP contribution in [0.25, 0.3) is 0 Å². The Hall–Kier alpha value is -2.55. The quantitative estimate of drug-likeness (QED) is 0.454. The number of carbonyl (C=O) groups is 1. The average Bonchev–Trinajstić information content (AvgIpc) is 2.72. The molecule has 0 spiro atoms. The van der Waals surface area contributed by atoms with Crippen molar-refractivity contribution >= 4 is 31.1 Å². The summed E-state index contributed by atoms with van der Waals surface area (Å²) in [6.07, 6.45) is 0. The van der Waals surface area contributed by atoms with E-state index < -0.39 is 0 Å². The van der Waals surface area contributed by atoms with Crippen LogP contribution in [0.2, 0.25) is 5.32 Å². The predicted octanol–water partition coefficient (Wildman–Crippen LogP) is 3.77. The van der Waals surface area contributed by atoms with Crippen LogP contribution >= 0.6 is 0 Å². The molecule has 3 aromatic carbocycles. The molecule has 0 aliphatic rings. The van der Waals surface area contributed by atoms with Crippen molar-refractivity contribution in [2.45, 2.75) is 11.4 Å². The number of rotatable bonds is 8. The van der Waals surface area contributed by atoms with Gasteiger partial charge in [0, 0.05) is 0 Å². The first-order valence-electron chi connectivity index (χ1n) is 8.53. The number of esters is 1. The summed E-state index contributed by atoms with van der Waals surface area (Å²) in [6, 6.07) is 29.7. The molecule has 4 heteroatoms. The molecule has 0 aliphatic heterocycles. The normalized spacial score (nSPS) is 11.5. The Morgan fingerprint density at radius 3 is 2.08 bits per heavy atom. The van der Waals surface area contributed by atoms with Crippen molar-refractivity contribution in [3.63, 3.8) is 0 Å². The Balaban J connectivity index is 1.61. The van der Waals surface area contributed by atoms with Crippen LogP contribution in [0.15, 0.2) is 91.0 Å². The summed E-state index contributed by atoms with van der Waals surface area (Å²) in [5, 5.41) is 4.43. The van der Waals surface area contributed by atoms with Gasteiger partial charge in [-0.15, -0.1) is 0 Å². The van der Waals surface area contributed by atoms with Gasteiger partial charge in [-0.1, -0.05) is 0 Å². The van der Waals surface area contributed by atoms with Crippen molar-refractivity contribution in [3.8, 4) is 0 Å². The number of anilines is 1. The SMILES string of the molecule is O=C(OCC(C[Se]c1ccccc1)Nc1ccccc1)c1ccccc1. The molecule has 1 N–H and O–H groups in total. The summed E-state index contributed by atoms with van der Waals surface area (Å²) < 4.78 is 6.90. The zero-order chi connectivity index (χ0) is 18.0. The molecule has 0 aliphatic carbocycles. The van der Waals surface area contributed by atoms with Crippen LogP contribution < -0.4 is 9.78 Å². The summed E-state index contributed by atoms with van der Waals surface area (Å²) in [5.41, 5.74) is 1.62. The van der Waals surface area contributed by atoms with Gasteiger partial charge in [0.25, 0.3) is 0 Å². The molecule has 3 rings (SSSR count). The second-order valence-corrected chi connectivity index (χ2v) is 8.09. The Kier molecular flexibility index (Phi) is 6.88. The Morgan fingerprint density at radius 2 is 1.42 bits per heavy atom. The molecule has 0 saturated carbocycles. The van der Waals surface area contributed by atoms with Crippen molar-refractivity contribution in [3.05, 3.63) is 96.6 Å². The van der Waals surface area contributed by atoms with Crippen molar-refractivity contribution in [2.24, 2.45) is 0 Å². The molecule has 0 amide bonds. The molecule has 1 unspecified atom stereocenters. The van der Waals surface area contributed by atoms with E-state index in [1.165, 1.54) is 4.46 Å². The van der Waals surface area contributed by atoms with Crippen LogP contribution in [0.3, 0.4) is 0 Å². The van der Waals surface area contributed by atoms with Crippen molar-refractivity contribution in [2.75, 3.05) is 11.9 Å². The zero-order valence-electron chi connectivity index (χ0n) is 14.4. The van der Waals surface area contributed by atoms with Crippen molar-refractivity contribution in [1.82, 2.24) is 0 Å². The van der Waals surface area contributed by atoms with Crippen LogP contribution in [-0.2, 0) is 4.74 Å². The Bertz CT molecular complexity index is 794. The van der Waals surface area contributed by atoms with E-state index in [1.54, 1.807) is 12.1 Å². The molecular weight excluding hydrogens is 389 g/mol. The zero-order valence-corrected chi connectivity index (χ0v) is 16.1. The van der Waals surface area contributed by atoms with Gasteiger partial charge in [0.05, 0.1) is 0 Å². The number of carbonyl (C=O) groups excluding carboxylic acids is 1. The second kappa shape index (κ2) is 9.81. The van der Waals surface area contributed by atoms with Crippen molar-refractivity contribution in [1.29, 1.82) is 0 Å². The molecule has 26 heavy (non-hydrogen) atoms. The Labute approximate surface area is 160 Å². The van der Waals surface area contributed by atoms with Crippen LogP contribution in [-0.4, -0.2) is 33.6 Å². The molecule has 132 valence electrons.